The lowest BCUT2D eigenvalue weighted by atomic mass is 9.99. The van der Waals surface area contributed by atoms with E-state index in [0.717, 1.165) is 65.2 Å². The molecule has 5 amide bonds. The quantitative estimate of drug-likeness (QED) is 0.0847. The van der Waals surface area contributed by atoms with E-state index in [1.165, 1.54) is 17.7 Å². The number of carbonyl (C=O) groups excluding carboxylic acids is 5. The van der Waals surface area contributed by atoms with Crippen LogP contribution in [-0.4, -0.2) is 105 Å². The van der Waals surface area contributed by atoms with Gasteiger partial charge in [0.05, 0.1) is 42.1 Å². The molecule has 4 N–H and O–H groups in total. The van der Waals surface area contributed by atoms with E-state index in [0.29, 0.717) is 56.0 Å². The molecule has 5 heterocycles. The van der Waals surface area contributed by atoms with E-state index in [9.17, 15) is 28.4 Å². The standard InChI is InChI=1S/C42H44FN9O6/c1-50(23-25-8-10-26(11-9-25)38-29-14-15-45-39(54)31-21-27(43)22-33(46-38)36(29)31)17-3-2-5-28-24-51(49-48-28)18-20-58-19-16-44-32-7-4-6-30-37(32)42(57)52(41(30)56)34-12-13-35(53)47-40(34)55/h4,6-11,21-22,24,34,44,46H,2-3,5,12-20,23H2,1H3,(H,45,54)(H,47,53,55). The fraction of sp³-hybridized carbons (Fsp3) is 0.357. The average Bonchev–Trinajstić information content (AvgIpc) is 3.85. The van der Waals surface area contributed by atoms with Crippen molar-refractivity contribution in [3.05, 3.63) is 100 Å². The summed E-state index contributed by atoms with van der Waals surface area (Å²) in [4.78, 5) is 69.4. The third-order valence-corrected chi connectivity index (χ3v) is 10.9. The number of aromatic nitrogens is 4. The van der Waals surface area contributed by atoms with Crippen LogP contribution >= 0.6 is 0 Å². The van der Waals surface area contributed by atoms with Crippen molar-refractivity contribution < 1.29 is 33.1 Å². The zero-order chi connectivity index (χ0) is 40.3. The van der Waals surface area contributed by atoms with E-state index >= 15 is 0 Å². The second kappa shape index (κ2) is 16.7. The van der Waals surface area contributed by atoms with Crippen LogP contribution in [0.15, 0.2) is 60.8 Å². The van der Waals surface area contributed by atoms with Crippen molar-refractivity contribution in [3.8, 4) is 11.3 Å². The monoisotopic (exact) mass is 789 g/mol. The minimum atomic E-state index is -1.02. The molecule has 2 aromatic heterocycles. The predicted molar refractivity (Wildman–Crippen MR) is 211 cm³/mol. The summed E-state index contributed by atoms with van der Waals surface area (Å²) in [7, 11) is 2.11. The number of hydrogen-bond acceptors (Lipinski definition) is 10. The summed E-state index contributed by atoms with van der Waals surface area (Å²) >= 11 is 0. The molecule has 0 radical (unpaired) electrons. The fourth-order valence-corrected chi connectivity index (χ4v) is 8.04. The normalized spacial score (nSPS) is 16.6. The van der Waals surface area contributed by atoms with Gasteiger partial charge in [-0.3, -0.25) is 34.2 Å². The number of imide groups is 2. The molecule has 15 nitrogen and oxygen atoms in total. The van der Waals surface area contributed by atoms with Crippen LogP contribution in [0.4, 0.5) is 10.1 Å². The highest BCUT2D eigenvalue weighted by atomic mass is 19.1. The zero-order valence-electron chi connectivity index (χ0n) is 32.1. The van der Waals surface area contributed by atoms with Gasteiger partial charge in [-0.05, 0) is 86.7 Å². The molecule has 0 bridgehead atoms. The molecule has 3 aliphatic heterocycles. The van der Waals surface area contributed by atoms with Crippen molar-refractivity contribution >= 4 is 46.1 Å². The topological polar surface area (TPSA) is 184 Å². The van der Waals surface area contributed by atoms with Crippen LogP contribution in [0.3, 0.4) is 0 Å². The molecular weight excluding hydrogens is 746 g/mol. The van der Waals surface area contributed by atoms with E-state index in [1.807, 2.05) is 6.20 Å². The van der Waals surface area contributed by atoms with Crippen LogP contribution in [-0.2, 0) is 40.3 Å². The molecule has 1 atom stereocenters. The van der Waals surface area contributed by atoms with Crippen molar-refractivity contribution in [1.29, 1.82) is 0 Å². The van der Waals surface area contributed by atoms with Crippen molar-refractivity contribution in [3.63, 3.8) is 0 Å². The minimum absolute atomic E-state index is 0.0629. The van der Waals surface area contributed by atoms with E-state index < -0.39 is 35.5 Å². The Hall–Kier alpha value is -6.26. The molecule has 5 aromatic rings. The van der Waals surface area contributed by atoms with E-state index in [2.05, 4.69) is 67.5 Å². The van der Waals surface area contributed by atoms with Crippen LogP contribution in [0.25, 0.3) is 22.2 Å². The van der Waals surface area contributed by atoms with Crippen LogP contribution in [0.2, 0.25) is 0 Å². The largest absolute Gasteiger partial charge is 0.382 e. The van der Waals surface area contributed by atoms with Gasteiger partial charge in [0, 0.05) is 54.5 Å². The first-order valence-corrected chi connectivity index (χ1v) is 19.6. The molecule has 0 saturated carbocycles. The highest BCUT2D eigenvalue weighted by molar-refractivity contribution is 6.25. The number of unbranched alkanes of at least 4 members (excludes halogenated alkanes) is 1. The molecule has 0 aliphatic carbocycles. The summed E-state index contributed by atoms with van der Waals surface area (Å²) in [5.41, 5.74) is 6.99. The van der Waals surface area contributed by atoms with Gasteiger partial charge in [0.1, 0.15) is 11.9 Å². The Morgan fingerprint density at radius 2 is 1.83 bits per heavy atom. The van der Waals surface area contributed by atoms with E-state index in [-0.39, 0.29) is 29.9 Å². The number of rotatable bonds is 16. The number of carbonyl (C=O) groups is 5. The summed E-state index contributed by atoms with van der Waals surface area (Å²) in [6.07, 6.45) is 5.55. The lowest BCUT2D eigenvalue weighted by Crippen LogP contribution is -2.54. The molecule has 16 heteroatoms. The summed E-state index contributed by atoms with van der Waals surface area (Å²) in [5, 5.41) is 17.6. The highest BCUT2D eigenvalue weighted by Crippen LogP contribution is 2.35. The lowest BCUT2D eigenvalue weighted by molar-refractivity contribution is -0.136. The second-order valence-corrected chi connectivity index (χ2v) is 14.9. The third-order valence-electron chi connectivity index (χ3n) is 10.9. The fourth-order valence-electron chi connectivity index (χ4n) is 8.04. The highest BCUT2D eigenvalue weighted by Gasteiger charge is 2.45. The summed E-state index contributed by atoms with van der Waals surface area (Å²) < 4.78 is 21.8. The van der Waals surface area contributed by atoms with E-state index in [4.69, 9.17) is 4.74 Å². The van der Waals surface area contributed by atoms with Crippen LogP contribution in [0.1, 0.15) is 73.6 Å². The van der Waals surface area contributed by atoms with Gasteiger partial charge in [-0.1, -0.05) is 35.5 Å². The van der Waals surface area contributed by atoms with Gasteiger partial charge in [0.2, 0.25) is 11.8 Å². The summed E-state index contributed by atoms with van der Waals surface area (Å²) in [6.45, 7) is 3.89. The number of piperidine rings is 1. The molecule has 300 valence electrons. The smallest absolute Gasteiger partial charge is 0.264 e. The number of hydrogen-bond donors (Lipinski definition) is 4. The first-order valence-electron chi connectivity index (χ1n) is 19.6. The molecule has 1 fully saturated rings. The molecule has 58 heavy (non-hydrogen) atoms. The first-order chi connectivity index (χ1) is 28.1. The van der Waals surface area contributed by atoms with Crippen molar-refractivity contribution in [2.45, 2.75) is 57.7 Å². The number of ether oxygens (including phenoxy) is 1. The number of fused-ring (bicyclic) bond motifs is 1. The number of amides is 5. The number of anilines is 1. The number of nitrogens with zero attached hydrogens (tertiary/aromatic N) is 5. The van der Waals surface area contributed by atoms with Crippen molar-refractivity contribution in [1.82, 2.24) is 40.4 Å². The molecule has 8 rings (SSSR count). The summed E-state index contributed by atoms with van der Waals surface area (Å²) in [6, 6.07) is 15.1. The Morgan fingerprint density at radius 3 is 2.66 bits per heavy atom. The second-order valence-electron chi connectivity index (χ2n) is 14.9. The average molecular weight is 790 g/mol. The maximum atomic E-state index is 14.3. The number of aromatic amines is 1. The molecule has 3 aliphatic rings. The number of H-pyrrole nitrogens is 1. The Kier molecular flexibility index (Phi) is 11.1. The van der Waals surface area contributed by atoms with E-state index in [1.54, 1.807) is 22.9 Å². The molecular formula is C42H44FN9O6. The third kappa shape index (κ3) is 7.97. The zero-order valence-corrected chi connectivity index (χ0v) is 32.1. The predicted octanol–water partition coefficient (Wildman–Crippen LogP) is 3.84. The van der Waals surface area contributed by atoms with Gasteiger partial charge in [0.15, 0.2) is 0 Å². The van der Waals surface area contributed by atoms with Gasteiger partial charge in [-0.15, -0.1) is 5.10 Å². The van der Waals surface area contributed by atoms with Crippen LogP contribution < -0.4 is 16.0 Å². The van der Waals surface area contributed by atoms with Gasteiger partial charge < -0.3 is 25.3 Å². The number of nitrogens with one attached hydrogen (secondary N) is 4. The number of benzene rings is 3. The Morgan fingerprint density at radius 1 is 0.983 bits per heavy atom. The molecule has 1 saturated heterocycles. The Bertz CT molecular complexity index is 2410. The lowest BCUT2D eigenvalue weighted by Gasteiger charge is -2.27. The van der Waals surface area contributed by atoms with Crippen LogP contribution in [0, 0.1) is 5.82 Å². The van der Waals surface area contributed by atoms with Gasteiger partial charge >= 0.3 is 0 Å². The maximum Gasteiger partial charge on any atom is 0.264 e. The molecule has 3 aromatic carbocycles. The van der Waals surface area contributed by atoms with Gasteiger partial charge in [0.25, 0.3) is 17.7 Å². The van der Waals surface area contributed by atoms with Crippen molar-refractivity contribution in [2.75, 3.05) is 45.2 Å². The minimum Gasteiger partial charge on any atom is -0.382 e. The SMILES string of the molecule is CN(CCCCc1cn(CCOCCNc2cccc3c2C(=O)N(C2CCC(=O)NC2=O)C3=O)nn1)Cc1ccc(-c2[nH]c3cc(F)cc4c3c2CCNC4=O)cc1. The molecule has 1 unspecified atom stereocenters. The number of aryl methyl sites for hydroxylation is 1. The number of halogens is 1. The van der Waals surface area contributed by atoms with Crippen molar-refractivity contribution in [2.24, 2.45) is 0 Å². The first kappa shape index (κ1) is 38.6. The van der Waals surface area contributed by atoms with Gasteiger partial charge in [-0.25, -0.2) is 9.07 Å². The van der Waals surface area contributed by atoms with Gasteiger partial charge in [-0.2, -0.15) is 0 Å². The van der Waals surface area contributed by atoms with Crippen LogP contribution in [0.5, 0.6) is 0 Å². The Labute approximate surface area is 333 Å². The summed E-state index contributed by atoms with van der Waals surface area (Å²) in [5.74, 6) is -2.85. The Balaban J connectivity index is 0.736. The maximum absolute atomic E-state index is 14.3. The molecule has 0 spiro atoms.